The maximum absolute atomic E-state index is 13.5. The minimum absolute atomic E-state index is 0.121. The Morgan fingerprint density at radius 2 is 1.25 bits per heavy atom. The Balaban J connectivity index is 1.51. The molecule has 0 spiro atoms. The molecular weight excluding hydrogens is 406 g/mol. The third-order valence-electron chi connectivity index (χ3n) is 6.27. The molecule has 3 aromatic rings. The van der Waals surface area contributed by atoms with Crippen molar-refractivity contribution in [1.29, 1.82) is 0 Å². The number of amides is 1. The highest BCUT2D eigenvalue weighted by atomic mass is 19.1. The molecule has 1 unspecified atom stereocenters. The number of nitrogens with zero attached hydrogens (tertiary/aromatic N) is 2. The van der Waals surface area contributed by atoms with Crippen molar-refractivity contribution in [2.75, 3.05) is 26.2 Å². The summed E-state index contributed by atoms with van der Waals surface area (Å²) in [6.45, 7) is 4.68. The first-order chi connectivity index (χ1) is 15.6. The fraction of sp³-hybridized carbons (Fsp3) is 0.296. The molecule has 166 valence electrons. The highest BCUT2D eigenvalue weighted by Crippen LogP contribution is 2.31. The van der Waals surface area contributed by atoms with Crippen LogP contribution in [-0.4, -0.2) is 41.9 Å². The number of piperazine rings is 1. The lowest BCUT2D eigenvalue weighted by atomic mass is 9.94. The van der Waals surface area contributed by atoms with Gasteiger partial charge in [0.05, 0.1) is 12.0 Å². The van der Waals surface area contributed by atoms with E-state index >= 15 is 0 Å². The second-order valence-electron chi connectivity index (χ2n) is 8.24. The van der Waals surface area contributed by atoms with E-state index in [2.05, 4.69) is 4.90 Å². The van der Waals surface area contributed by atoms with Gasteiger partial charge in [-0.1, -0.05) is 61.5 Å². The molecule has 0 N–H and O–H groups in total. The topological polar surface area (TPSA) is 23.6 Å². The monoisotopic (exact) mass is 434 g/mol. The maximum atomic E-state index is 13.5. The lowest BCUT2D eigenvalue weighted by Crippen LogP contribution is -2.51. The molecule has 1 saturated heterocycles. The molecule has 5 heteroatoms. The van der Waals surface area contributed by atoms with Gasteiger partial charge in [0.15, 0.2) is 0 Å². The molecule has 0 saturated carbocycles. The molecule has 1 amide bonds. The fourth-order valence-electron chi connectivity index (χ4n) is 4.56. The summed E-state index contributed by atoms with van der Waals surface area (Å²) < 4.78 is 27.1. The van der Waals surface area contributed by atoms with Crippen molar-refractivity contribution in [2.24, 2.45) is 0 Å². The molecule has 1 atom stereocenters. The van der Waals surface area contributed by atoms with Gasteiger partial charge in [0.2, 0.25) is 5.91 Å². The number of hydrogen-bond donors (Lipinski definition) is 0. The van der Waals surface area contributed by atoms with Gasteiger partial charge in [-0.3, -0.25) is 9.69 Å². The van der Waals surface area contributed by atoms with Gasteiger partial charge >= 0.3 is 0 Å². The lowest BCUT2D eigenvalue weighted by Gasteiger charge is -2.40. The van der Waals surface area contributed by atoms with E-state index in [9.17, 15) is 13.6 Å². The summed E-state index contributed by atoms with van der Waals surface area (Å²) in [6, 6.07) is 22.8. The van der Waals surface area contributed by atoms with Gasteiger partial charge in [-0.25, -0.2) is 8.78 Å². The number of rotatable bonds is 6. The molecule has 3 nitrogen and oxygen atoms in total. The van der Waals surface area contributed by atoms with E-state index in [0.29, 0.717) is 26.2 Å². The van der Waals surface area contributed by atoms with Crippen LogP contribution in [0, 0.1) is 11.6 Å². The molecular formula is C27H28F2N2O. The second-order valence-corrected chi connectivity index (χ2v) is 8.24. The van der Waals surface area contributed by atoms with Crippen LogP contribution in [0.5, 0.6) is 0 Å². The highest BCUT2D eigenvalue weighted by molar-refractivity contribution is 5.83. The van der Waals surface area contributed by atoms with Gasteiger partial charge in [0.25, 0.3) is 0 Å². The third kappa shape index (κ3) is 4.89. The third-order valence-corrected chi connectivity index (χ3v) is 6.27. The average molecular weight is 435 g/mol. The molecule has 4 rings (SSSR count). The largest absolute Gasteiger partial charge is 0.340 e. The number of halogens is 2. The standard InChI is InChI=1S/C27H28F2N2O/c1-2-25(20-6-4-3-5-7-20)27(32)31-18-16-30(17-19-31)26(21-8-12-23(28)13-9-21)22-10-14-24(29)15-11-22/h3-15,25-26H,2,16-19H2,1H3. The summed E-state index contributed by atoms with van der Waals surface area (Å²) >= 11 is 0. The Bertz CT molecular complexity index is 968. The zero-order chi connectivity index (χ0) is 22.5. The second kappa shape index (κ2) is 10.0. The summed E-state index contributed by atoms with van der Waals surface area (Å²) in [5.41, 5.74) is 2.96. The minimum atomic E-state index is -0.284. The zero-order valence-corrected chi connectivity index (χ0v) is 18.3. The Labute approximate surface area is 188 Å². The van der Waals surface area contributed by atoms with E-state index in [0.717, 1.165) is 23.1 Å². The van der Waals surface area contributed by atoms with Gasteiger partial charge in [-0.15, -0.1) is 0 Å². The van der Waals surface area contributed by atoms with Crippen molar-refractivity contribution in [3.05, 3.63) is 107 Å². The molecule has 1 aliphatic heterocycles. The molecule has 0 radical (unpaired) electrons. The van der Waals surface area contributed by atoms with Crippen molar-refractivity contribution in [3.63, 3.8) is 0 Å². The smallest absolute Gasteiger partial charge is 0.230 e. The Kier molecular flexibility index (Phi) is 6.96. The van der Waals surface area contributed by atoms with Crippen molar-refractivity contribution < 1.29 is 13.6 Å². The molecule has 3 aromatic carbocycles. The van der Waals surface area contributed by atoms with Crippen LogP contribution >= 0.6 is 0 Å². The predicted molar refractivity (Wildman–Crippen MR) is 122 cm³/mol. The van der Waals surface area contributed by atoms with Crippen molar-refractivity contribution in [2.45, 2.75) is 25.3 Å². The van der Waals surface area contributed by atoms with E-state index in [4.69, 9.17) is 0 Å². The van der Waals surface area contributed by atoms with Crippen molar-refractivity contribution >= 4 is 5.91 Å². The summed E-state index contributed by atoms with van der Waals surface area (Å²) in [7, 11) is 0. The molecule has 0 bridgehead atoms. The van der Waals surface area contributed by atoms with Crippen LogP contribution < -0.4 is 0 Å². The molecule has 32 heavy (non-hydrogen) atoms. The summed E-state index contributed by atoms with van der Waals surface area (Å²) in [5, 5.41) is 0. The first-order valence-electron chi connectivity index (χ1n) is 11.2. The van der Waals surface area contributed by atoms with Crippen LogP contribution in [0.3, 0.4) is 0 Å². The fourth-order valence-corrected chi connectivity index (χ4v) is 4.56. The van der Waals surface area contributed by atoms with Crippen LogP contribution in [-0.2, 0) is 4.79 Å². The van der Waals surface area contributed by atoms with Crippen LogP contribution in [0.2, 0.25) is 0 Å². The molecule has 0 aromatic heterocycles. The van der Waals surface area contributed by atoms with Crippen LogP contribution in [0.1, 0.15) is 42.0 Å². The van der Waals surface area contributed by atoms with Gasteiger partial charge in [0, 0.05) is 26.2 Å². The number of carbonyl (C=O) groups is 1. The molecule has 0 aliphatic carbocycles. The lowest BCUT2D eigenvalue weighted by molar-refractivity contribution is -0.134. The van der Waals surface area contributed by atoms with Crippen molar-refractivity contribution in [3.8, 4) is 0 Å². The number of benzene rings is 3. The molecule has 1 aliphatic rings. The maximum Gasteiger partial charge on any atom is 0.230 e. The van der Waals surface area contributed by atoms with E-state index < -0.39 is 0 Å². The minimum Gasteiger partial charge on any atom is -0.340 e. The zero-order valence-electron chi connectivity index (χ0n) is 18.3. The first kappa shape index (κ1) is 22.2. The first-order valence-corrected chi connectivity index (χ1v) is 11.2. The quantitative estimate of drug-likeness (QED) is 0.519. The average Bonchev–Trinajstić information content (AvgIpc) is 2.83. The van der Waals surface area contributed by atoms with E-state index in [1.807, 2.05) is 42.2 Å². The normalized spacial score (nSPS) is 15.7. The Morgan fingerprint density at radius 1 is 0.750 bits per heavy atom. The van der Waals surface area contributed by atoms with Crippen LogP contribution in [0.25, 0.3) is 0 Å². The Morgan fingerprint density at radius 3 is 1.72 bits per heavy atom. The Hall–Kier alpha value is -3.05. The van der Waals surface area contributed by atoms with E-state index in [1.54, 1.807) is 24.3 Å². The summed E-state index contributed by atoms with van der Waals surface area (Å²) in [6.07, 6.45) is 0.761. The van der Waals surface area contributed by atoms with E-state index in [1.165, 1.54) is 24.3 Å². The van der Waals surface area contributed by atoms with Gasteiger partial charge in [-0.05, 0) is 47.4 Å². The van der Waals surface area contributed by atoms with Crippen molar-refractivity contribution in [1.82, 2.24) is 9.80 Å². The van der Waals surface area contributed by atoms with Crippen LogP contribution in [0.15, 0.2) is 78.9 Å². The SMILES string of the molecule is CCC(C(=O)N1CCN(C(c2ccc(F)cc2)c2ccc(F)cc2)CC1)c1ccccc1. The highest BCUT2D eigenvalue weighted by Gasteiger charge is 2.31. The molecule has 1 fully saturated rings. The van der Waals surface area contributed by atoms with Gasteiger partial charge in [0.1, 0.15) is 11.6 Å². The van der Waals surface area contributed by atoms with Crippen LogP contribution in [0.4, 0.5) is 8.78 Å². The van der Waals surface area contributed by atoms with E-state index in [-0.39, 0.29) is 29.5 Å². The van der Waals surface area contributed by atoms with Gasteiger partial charge in [-0.2, -0.15) is 0 Å². The van der Waals surface area contributed by atoms with Gasteiger partial charge < -0.3 is 4.90 Å². The number of hydrogen-bond acceptors (Lipinski definition) is 2. The predicted octanol–water partition coefficient (Wildman–Crippen LogP) is 5.39. The number of carbonyl (C=O) groups excluding carboxylic acids is 1. The molecule has 1 heterocycles. The summed E-state index contributed by atoms with van der Waals surface area (Å²) in [4.78, 5) is 17.5. The summed E-state index contributed by atoms with van der Waals surface area (Å²) in [5.74, 6) is -0.534.